The van der Waals surface area contributed by atoms with Gasteiger partial charge >= 0.3 is 0 Å². The van der Waals surface area contributed by atoms with Crippen molar-refractivity contribution in [2.24, 2.45) is 18.0 Å². The highest BCUT2D eigenvalue weighted by atomic mass is 16.5. The van der Waals surface area contributed by atoms with Crippen LogP contribution in [0.15, 0.2) is 17.4 Å². The molecule has 29 heavy (non-hydrogen) atoms. The molecule has 8 nitrogen and oxygen atoms in total. The fourth-order valence-electron chi connectivity index (χ4n) is 3.77. The van der Waals surface area contributed by atoms with Crippen LogP contribution in [-0.4, -0.2) is 91.6 Å². The third-order valence-corrected chi connectivity index (χ3v) is 5.31. The Morgan fingerprint density at radius 3 is 2.55 bits per heavy atom. The molecule has 1 saturated heterocycles. The molecule has 8 heteroatoms. The molecular weight excluding hydrogens is 366 g/mol. The number of likely N-dealkylation sites (N-methyl/N-ethyl adjacent to an activating group) is 1. The van der Waals surface area contributed by atoms with Crippen LogP contribution in [0.5, 0.6) is 0 Å². The fraction of sp³-hybridized carbons (Fsp3) is 0.810. The first-order valence-electron chi connectivity index (χ1n) is 10.9. The molecule has 1 aromatic rings. The number of rotatable bonds is 10. The molecule has 2 unspecified atom stereocenters. The zero-order valence-electron chi connectivity index (χ0n) is 19.2. The van der Waals surface area contributed by atoms with E-state index in [0.29, 0.717) is 12.0 Å². The molecule has 0 radical (unpaired) electrons. The first kappa shape index (κ1) is 23.6. The molecule has 0 aliphatic carbocycles. The maximum absolute atomic E-state index is 5.54. The molecule has 0 amide bonds. The molecule has 2 heterocycles. The van der Waals surface area contributed by atoms with Gasteiger partial charge in [-0.3, -0.25) is 14.6 Å². The van der Waals surface area contributed by atoms with E-state index in [4.69, 9.17) is 9.73 Å². The lowest BCUT2D eigenvalue weighted by atomic mass is 10.0. The number of hydrogen-bond donors (Lipinski definition) is 2. The molecule has 0 saturated carbocycles. The van der Waals surface area contributed by atoms with Crippen molar-refractivity contribution in [3.8, 4) is 0 Å². The van der Waals surface area contributed by atoms with Gasteiger partial charge in [-0.1, -0.05) is 13.8 Å². The Labute approximate surface area is 176 Å². The van der Waals surface area contributed by atoms with Crippen LogP contribution in [0.25, 0.3) is 0 Å². The average molecular weight is 408 g/mol. The highest BCUT2D eigenvalue weighted by Gasteiger charge is 2.22. The van der Waals surface area contributed by atoms with Gasteiger partial charge in [-0.2, -0.15) is 5.10 Å². The Kier molecular flexibility index (Phi) is 9.90. The number of guanidine groups is 1. The molecule has 166 valence electrons. The highest BCUT2D eigenvalue weighted by Crippen LogP contribution is 2.16. The van der Waals surface area contributed by atoms with Crippen molar-refractivity contribution >= 4 is 5.96 Å². The summed E-state index contributed by atoms with van der Waals surface area (Å²) < 4.78 is 7.39. The van der Waals surface area contributed by atoms with Crippen molar-refractivity contribution in [2.75, 3.05) is 60.0 Å². The van der Waals surface area contributed by atoms with E-state index in [9.17, 15) is 0 Å². The minimum atomic E-state index is 0.235. The lowest BCUT2D eigenvalue weighted by Gasteiger charge is -2.34. The number of hydrogen-bond acceptors (Lipinski definition) is 5. The summed E-state index contributed by atoms with van der Waals surface area (Å²) >= 11 is 0. The summed E-state index contributed by atoms with van der Waals surface area (Å²) in [5.74, 6) is 1.53. The lowest BCUT2D eigenvalue weighted by molar-refractivity contribution is 0.0143. The summed E-state index contributed by atoms with van der Waals surface area (Å²) in [5, 5.41) is 11.3. The van der Waals surface area contributed by atoms with Crippen LogP contribution in [-0.2, 0) is 11.8 Å². The Balaban J connectivity index is 2.02. The molecular formula is C21H41N7O. The summed E-state index contributed by atoms with van der Waals surface area (Å²) in [4.78, 5) is 9.69. The predicted molar refractivity (Wildman–Crippen MR) is 119 cm³/mol. The Morgan fingerprint density at radius 1 is 1.28 bits per heavy atom. The number of nitrogens with zero attached hydrogens (tertiary/aromatic N) is 5. The fourth-order valence-corrected chi connectivity index (χ4v) is 3.77. The third-order valence-electron chi connectivity index (χ3n) is 5.31. The van der Waals surface area contributed by atoms with Crippen molar-refractivity contribution in [3.63, 3.8) is 0 Å². The molecule has 2 N–H and O–H groups in total. The molecule has 0 spiro atoms. The Hall–Kier alpha value is -1.64. The summed E-state index contributed by atoms with van der Waals surface area (Å²) in [7, 11) is 6.15. The van der Waals surface area contributed by atoms with Crippen LogP contribution in [0.2, 0.25) is 0 Å². The van der Waals surface area contributed by atoms with E-state index in [1.54, 1.807) is 0 Å². The normalized spacial score (nSPS) is 18.3. The number of morpholine rings is 1. The second-order valence-corrected chi connectivity index (χ2v) is 8.46. The summed E-state index contributed by atoms with van der Waals surface area (Å²) in [5.41, 5.74) is 1.20. The summed E-state index contributed by atoms with van der Waals surface area (Å²) in [6.07, 6.45) is 5.17. The first-order valence-corrected chi connectivity index (χ1v) is 10.9. The van der Waals surface area contributed by atoms with E-state index in [1.807, 2.05) is 17.9 Å². The van der Waals surface area contributed by atoms with Crippen molar-refractivity contribution in [1.29, 1.82) is 0 Å². The maximum Gasteiger partial charge on any atom is 0.191 e. The molecule has 1 aromatic heterocycles. The first-order chi connectivity index (χ1) is 13.9. The zero-order valence-corrected chi connectivity index (χ0v) is 19.2. The molecule has 1 aliphatic heterocycles. The maximum atomic E-state index is 5.54. The van der Waals surface area contributed by atoms with E-state index in [2.05, 4.69) is 66.6 Å². The van der Waals surface area contributed by atoms with Gasteiger partial charge in [0.05, 0.1) is 32.0 Å². The van der Waals surface area contributed by atoms with Crippen molar-refractivity contribution in [1.82, 2.24) is 30.2 Å². The monoisotopic (exact) mass is 407 g/mol. The number of ether oxygens (including phenoxy) is 1. The van der Waals surface area contributed by atoms with E-state index in [-0.39, 0.29) is 6.04 Å². The molecule has 2 atom stereocenters. The Morgan fingerprint density at radius 2 is 2.00 bits per heavy atom. The minimum absolute atomic E-state index is 0.235. The molecule has 2 rings (SSSR count). The topological polar surface area (TPSA) is 70.0 Å². The lowest BCUT2D eigenvalue weighted by Crippen LogP contribution is -2.47. The highest BCUT2D eigenvalue weighted by molar-refractivity contribution is 5.79. The average Bonchev–Trinajstić information content (AvgIpc) is 3.11. The van der Waals surface area contributed by atoms with Crippen molar-refractivity contribution < 1.29 is 4.74 Å². The van der Waals surface area contributed by atoms with Gasteiger partial charge < -0.3 is 20.3 Å². The number of nitrogens with one attached hydrogen (secondary N) is 2. The molecule has 1 fully saturated rings. The second-order valence-electron chi connectivity index (χ2n) is 8.46. The van der Waals surface area contributed by atoms with E-state index in [1.165, 1.54) is 5.56 Å². The van der Waals surface area contributed by atoms with Gasteiger partial charge in [-0.05, 0) is 33.4 Å². The van der Waals surface area contributed by atoms with Gasteiger partial charge in [0.15, 0.2) is 5.96 Å². The van der Waals surface area contributed by atoms with E-state index >= 15 is 0 Å². The quantitative estimate of drug-likeness (QED) is 0.450. The van der Waals surface area contributed by atoms with Crippen LogP contribution >= 0.6 is 0 Å². The molecule has 0 aromatic carbocycles. The SMILES string of the molecule is CCNC(=NCC(CC(C)C)N1CCOCC1)NCC(c1cnn(C)c1)N(C)C. The van der Waals surface area contributed by atoms with Gasteiger partial charge in [0.25, 0.3) is 0 Å². The van der Waals surface area contributed by atoms with Crippen molar-refractivity contribution in [2.45, 2.75) is 39.3 Å². The van der Waals surface area contributed by atoms with Crippen LogP contribution in [0.3, 0.4) is 0 Å². The van der Waals surface area contributed by atoms with Gasteiger partial charge in [-0.15, -0.1) is 0 Å². The van der Waals surface area contributed by atoms with Crippen LogP contribution in [0, 0.1) is 5.92 Å². The van der Waals surface area contributed by atoms with Gasteiger partial charge in [0.1, 0.15) is 0 Å². The van der Waals surface area contributed by atoms with Crippen LogP contribution in [0.1, 0.15) is 38.8 Å². The van der Waals surface area contributed by atoms with Gasteiger partial charge in [0.2, 0.25) is 0 Å². The van der Waals surface area contributed by atoms with Gasteiger partial charge in [-0.25, -0.2) is 0 Å². The van der Waals surface area contributed by atoms with E-state index < -0.39 is 0 Å². The number of aromatic nitrogens is 2. The minimum Gasteiger partial charge on any atom is -0.379 e. The predicted octanol–water partition coefficient (Wildman–Crippen LogP) is 1.32. The van der Waals surface area contributed by atoms with E-state index in [0.717, 1.165) is 58.3 Å². The second kappa shape index (κ2) is 12.1. The number of aryl methyl sites for hydroxylation is 1. The smallest absolute Gasteiger partial charge is 0.191 e. The third kappa shape index (κ3) is 7.95. The molecule has 0 bridgehead atoms. The number of aliphatic imine (C=N–C) groups is 1. The summed E-state index contributed by atoms with van der Waals surface area (Å²) in [6.45, 7) is 12.8. The van der Waals surface area contributed by atoms with Crippen LogP contribution < -0.4 is 10.6 Å². The summed E-state index contributed by atoms with van der Waals surface area (Å²) in [6, 6.07) is 0.690. The molecule has 1 aliphatic rings. The Bertz CT molecular complexity index is 608. The standard InChI is InChI=1S/C21H41N7O/c1-7-22-21(24-15-20(26(4)5)18-13-25-27(6)16-18)23-14-19(12-17(2)3)28-8-10-29-11-9-28/h13,16-17,19-20H,7-12,14-15H2,1-6H3,(H2,22,23,24). The zero-order chi connectivity index (χ0) is 21.2. The van der Waals surface area contributed by atoms with Crippen LogP contribution in [0.4, 0.5) is 0 Å². The van der Waals surface area contributed by atoms with Gasteiger partial charge in [0, 0.05) is 51.0 Å². The van der Waals surface area contributed by atoms with Crippen molar-refractivity contribution in [3.05, 3.63) is 18.0 Å². The largest absolute Gasteiger partial charge is 0.379 e.